The Hall–Kier alpha value is -4.25. The molecule has 31 heavy (non-hydrogen) atoms. The van der Waals surface area contributed by atoms with E-state index in [1.807, 2.05) is 50.2 Å². The van der Waals surface area contributed by atoms with E-state index in [4.69, 9.17) is 4.74 Å². The van der Waals surface area contributed by atoms with Crippen LogP contribution < -0.4 is 0 Å². The SMILES string of the molecule is Cc1cc(C)n(-c2ccc(C(=O)OCc3c(C#N)c(C)nn3-c3ccccc3)cn2)n1. The number of ether oxygens (including phenoxy) is 1. The molecule has 0 amide bonds. The predicted molar refractivity (Wildman–Crippen MR) is 113 cm³/mol. The lowest BCUT2D eigenvalue weighted by Crippen LogP contribution is -2.11. The first kappa shape index (κ1) is 20.0. The van der Waals surface area contributed by atoms with Crippen molar-refractivity contribution < 1.29 is 9.53 Å². The van der Waals surface area contributed by atoms with Gasteiger partial charge in [0.25, 0.3) is 0 Å². The third-order valence-corrected chi connectivity index (χ3v) is 4.82. The molecule has 0 radical (unpaired) electrons. The number of para-hydroxylation sites is 1. The normalized spacial score (nSPS) is 10.6. The third-order valence-electron chi connectivity index (χ3n) is 4.82. The molecule has 8 heteroatoms. The number of aryl methyl sites for hydroxylation is 3. The van der Waals surface area contributed by atoms with Gasteiger partial charge >= 0.3 is 5.97 Å². The van der Waals surface area contributed by atoms with Gasteiger partial charge in [-0.05, 0) is 51.1 Å². The minimum absolute atomic E-state index is 0.0866. The molecule has 0 aliphatic heterocycles. The molecule has 0 saturated heterocycles. The average Bonchev–Trinajstić information content (AvgIpc) is 3.30. The van der Waals surface area contributed by atoms with Crippen LogP contribution in [-0.2, 0) is 11.3 Å². The highest BCUT2D eigenvalue weighted by Crippen LogP contribution is 2.20. The molecule has 154 valence electrons. The highest BCUT2D eigenvalue weighted by atomic mass is 16.5. The van der Waals surface area contributed by atoms with E-state index < -0.39 is 5.97 Å². The van der Waals surface area contributed by atoms with Crippen molar-refractivity contribution in [3.05, 3.63) is 88.6 Å². The van der Waals surface area contributed by atoms with Crippen LogP contribution in [0, 0.1) is 32.1 Å². The van der Waals surface area contributed by atoms with Gasteiger partial charge in [-0.25, -0.2) is 19.1 Å². The maximum absolute atomic E-state index is 12.6. The van der Waals surface area contributed by atoms with Crippen LogP contribution in [0.15, 0.2) is 54.7 Å². The molecular formula is C23H20N6O2. The molecule has 0 spiro atoms. The van der Waals surface area contributed by atoms with E-state index in [0.29, 0.717) is 28.3 Å². The van der Waals surface area contributed by atoms with E-state index in [0.717, 1.165) is 17.1 Å². The van der Waals surface area contributed by atoms with Gasteiger partial charge in [-0.15, -0.1) is 0 Å². The first-order valence-electron chi connectivity index (χ1n) is 9.68. The second-order valence-corrected chi connectivity index (χ2v) is 7.09. The molecule has 0 unspecified atom stereocenters. The van der Waals surface area contributed by atoms with Crippen LogP contribution in [0.2, 0.25) is 0 Å². The largest absolute Gasteiger partial charge is 0.455 e. The summed E-state index contributed by atoms with van der Waals surface area (Å²) in [6.45, 7) is 5.52. The van der Waals surface area contributed by atoms with E-state index in [1.54, 1.807) is 28.4 Å². The molecule has 0 N–H and O–H groups in total. The summed E-state index contributed by atoms with van der Waals surface area (Å²) in [6, 6.07) is 16.9. The molecule has 1 aromatic carbocycles. The minimum atomic E-state index is -0.533. The van der Waals surface area contributed by atoms with Crippen molar-refractivity contribution in [1.29, 1.82) is 5.26 Å². The molecule has 3 heterocycles. The number of esters is 1. The van der Waals surface area contributed by atoms with Gasteiger partial charge in [-0.1, -0.05) is 18.2 Å². The molecule has 0 aliphatic carbocycles. The molecule has 4 rings (SSSR count). The van der Waals surface area contributed by atoms with E-state index in [2.05, 4.69) is 21.3 Å². The van der Waals surface area contributed by atoms with Crippen LogP contribution in [0.3, 0.4) is 0 Å². The highest BCUT2D eigenvalue weighted by Gasteiger charge is 2.19. The second kappa shape index (κ2) is 8.24. The zero-order chi connectivity index (χ0) is 22.0. The van der Waals surface area contributed by atoms with E-state index in [-0.39, 0.29) is 6.61 Å². The standard InChI is InChI=1S/C23H20N6O2/c1-15-11-16(2)28(26-15)22-10-9-18(13-25-22)23(30)31-14-21-20(12-24)17(3)27-29(21)19-7-5-4-6-8-19/h4-11,13H,14H2,1-3H3. The van der Waals surface area contributed by atoms with Crippen LogP contribution in [0.25, 0.3) is 11.5 Å². The lowest BCUT2D eigenvalue weighted by molar-refractivity contribution is 0.0464. The zero-order valence-electron chi connectivity index (χ0n) is 17.4. The maximum Gasteiger partial charge on any atom is 0.340 e. The summed E-state index contributed by atoms with van der Waals surface area (Å²) in [5.74, 6) is 0.0847. The summed E-state index contributed by atoms with van der Waals surface area (Å²) in [5, 5.41) is 18.4. The van der Waals surface area contributed by atoms with Crippen LogP contribution in [0.4, 0.5) is 0 Å². The Morgan fingerprint density at radius 3 is 2.45 bits per heavy atom. The van der Waals surface area contributed by atoms with Crippen molar-refractivity contribution in [3.8, 4) is 17.6 Å². The average molecular weight is 412 g/mol. The molecule has 3 aromatic heterocycles. The van der Waals surface area contributed by atoms with Crippen LogP contribution >= 0.6 is 0 Å². The van der Waals surface area contributed by atoms with Gasteiger partial charge in [-0.3, -0.25) is 0 Å². The molecule has 0 atom stereocenters. The number of carbonyl (C=O) groups excluding carboxylic acids is 1. The summed E-state index contributed by atoms with van der Waals surface area (Å²) in [7, 11) is 0. The summed E-state index contributed by atoms with van der Waals surface area (Å²) in [5.41, 5.74) is 4.44. The lowest BCUT2D eigenvalue weighted by Gasteiger charge is -2.09. The fraction of sp³-hybridized carbons (Fsp3) is 0.174. The third kappa shape index (κ3) is 3.94. The molecule has 0 bridgehead atoms. The van der Waals surface area contributed by atoms with Crippen molar-refractivity contribution >= 4 is 5.97 Å². The van der Waals surface area contributed by atoms with E-state index in [1.165, 1.54) is 6.20 Å². The van der Waals surface area contributed by atoms with Gasteiger partial charge in [0.15, 0.2) is 5.82 Å². The molecule has 0 fully saturated rings. The van der Waals surface area contributed by atoms with E-state index in [9.17, 15) is 10.1 Å². The van der Waals surface area contributed by atoms with Gasteiger partial charge < -0.3 is 4.74 Å². The Bertz CT molecular complexity index is 1280. The summed E-state index contributed by atoms with van der Waals surface area (Å²) in [6.07, 6.45) is 1.46. The summed E-state index contributed by atoms with van der Waals surface area (Å²) < 4.78 is 8.84. The quantitative estimate of drug-likeness (QED) is 0.465. The Balaban J connectivity index is 1.54. The first-order valence-corrected chi connectivity index (χ1v) is 9.68. The highest BCUT2D eigenvalue weighted by molar-refractivity contribution is 5.89. The number of carbonyl (C=O) groups is 1. The first-order chi connectivity index (χ1) is 15.0. The second-order valence-electron chi connectivity index (χ2n) is 7.09. The lowest BCUT2D eigenvalue weighted by atomic mass is 10.2. The molecule has 4 aromatic rings. The molecule has 0 saturated carbocycles. The van der Waals surface area contributed by atoms with Crippen molar-refractivity contribution in [3.63, 3.8) is 0 Å². The molecule has 8 nitrogen and oxygen atoms in total. The van der Waals surface area contributed by atoms with Crippen molar-refractivity contribution in [2.45, 2.75) is 27.4 Å². The van der Waals surface area contributed by atoms with Gasteiger partial charge in [0.1, 0.15) is 18.2 Å². The van der Waals surface area contributed by atoms with Gasteiger partial charge in [0, 0.05) is 11.9 Å². The Kier molecular flexibility index (Phi) is 5.33. The number of rotatable bonds is 5. The maximum atomic E-state index is 12.6. The zero-order valence-corrected chi connectivity index (χ0v) is 17.4. The fourth-order valence-corrected chi connectivity index (χ4v) is 3.35. The number of aromatic nitrogens is 5. The number of nitriles is 1. The predicted octanol–water partition coefficient (Wildman–Crippen LogP) is 3.61. The Morgan fingerprint density at radius 1 is 1.06 bits per heavy atom. The van der Waals surface area contributed by atoms with Crippen molar-refractivity contribution in [2.24, 2.45) is 0 Å². The van der Waals surface area contributed by atoms with Crippen LogP contribution in [0.1, 0.15) is 38.7 Å². The monoisotopic (exact) mass is 412 g/mol. The summed E-state index contributed by atoms with van der Waals surface area (Å²) >= 11 is 0. The molecule has 0 aliphatic rings. The molecular weight excluding hydrogens is 392 g/mol. The number of hydrogen-bond donors (Lipinski definition) is 0. The number of pyridine rings is 1. The topological polar surface area (TPSA) is 98.6 Å². The Labute approximate surface area is 179 Å². The number of nitrogens with zero attached hydrogens (tertiary/aromatic N) is 6. The Morgan fingerprint density at radius 2 is 1.84 bits per heavy atom. The minimum Gasteiger partial charge on any atom is -0.455 e. The number of benzene rings is 1. The summed E-state index contributed by atoms with van der Waals surface area (Å²) in [4.78, 5) is 16.9. The smallest absolute Gasteiger partial charge is 0.340 e. The van der Waals surface area contributed by atoms with Crippen molar-refractivity contribution in [2.75, 3.05) is 0 Å². The van der Waals surface area contributed by atoms with Gasteiger partial charge in [0.05, 0.1) is 28.3 Å². The van der Waals surface area contributed by atoms with E-state index >= 15 is 0 Å². The van der Waals surface area contributed by atoms with Crippen LogP contribution in [-0.4, -0.2) is 30.5 Å². The number of hydrogen-bond acceptors (Lipinski definition) is 6. The van der Waals surface area contributed by atoms with Crippen LogP contribution in [0.5, 0.6) is 0 Å². The van der Waals surface area contributed by atoms with Crippen molar-refractivity contribution in [1.82, 2.24) is 24.5 Å². The van der Waals surface area contributed by atoms with Gasteiger partial charge in [-0.2, -0.15) is 15.5 Å². The fourth-order valence-electron chi connectivity index (χ4n) is 3.35. The van der Waals surface area contributed by atoms with Gasteiger partial charge in [0.2, 0.25) is 0 Å².